The maximum atomic E-state index is 12.3. The lowest BCUT2D eigenvalue weighted by Crippen LogP contribution is -2.23. The van der Waals surface area contributed by atoms with Gasteiger partial charge in [-0.1, -0.05) is 17.7 Å². The van der Waals surface area contributed by atoms with Gasteiger partial charge in [-0.05, 0) is 11.6 Å². The standard InChI is InChI=1S/C12H10ClF3N2OS/c13-10-2-1-8(6-17-10)7-18-3-4-20-11(18)5-9(19)12(14,15)16/h1-2,5-6H,3-4,7H2. The molecule has 0 N–H and O–H groups in total. The van der Waals surface area contributed by atoms with Gasteiger partial charge >= 0.3 is 6.18 Å². The molecule has 1 fully saturated rings. The van der Waals surface area contributed by atoms with Crippen LogP contribution in [0.2, 0.25) is 5.15 Å². The smallest absolute Gasteiger partial charge is 0.361 e. The Balaban J connectivity index is 2.09. The third kappa shape index (κ3) is 3.89. The van der Waals surface area contributed by atoms with Crippen LogP contribution >= 0.6 is 23.4 Å². The number of nitrogens with zero attached hydrogens (tertiary/aromatic N) is 2. The number of alkyl halides is 3. The molecule has 1 aromatic rings. The predicted octanol–water partition coefficient (Wildman–Crippen LogP) is 3.26. The summed E-state index contributed by atoms with van der Waals surface area (Å²) in [4.78, 5) is 16.6. The maximum absolute atomic E-state index is 12.3. The van der Waals surface area contributed by atoms with Crippen molar-refractivity contribution in [1.82, 2.24) is 9.88 Å². The highest BCUT2D eigenvalue weighted by Crippen LogP contribution is 2.30. The van der Waals surface area contributed by atoms with Crippen molar-refractivity contribution in [2.45, 2.75) is 12.7 Å². The van der Waals surface area contributed by atoms with E-state index in [0.29, 0.717) is 35.1 Å². The van der Waals surface area contributed by atoms with Gasteiger partial charge < -0.3 is 4.90 Å². The van der Waals surface area contributed by atoms with Crippen LogP contribution in [0.25, 0.3) is 0 Å². The zero-order valence-corrected chi connectivity index (χ0v) is 11.7. The molecule has 0 radical (unpaired) electrons. The normalized spacial score (nSPS) is 17.8. The van der Waals surface area contributed by atoms with Crippen LogP contribution in [0.4, 0.5) is 13.2 Å². The first-order chi connectivity index (χ1) is 9.36. The summed E-state index contributed by atoms with van der Waals surface area (Å²) in [5.41, 5.74) is 0.822. The van der Waals surface area contributed by atoms with E-state index in [9.17, 15) is 18.0 Å². The zero-order chi connectivity index (χ0) is 14.8. The van der Waals surface area contributed by atoms with E-state index in [1.807, 2.05) is 0 Å². The first kappa shape index (κ1) is 15.2. The third-order valence-corrected chi connectivity index (χ3v) is 3.90. The van der Waals surface area contributed by atoms with Crippen LogP contribution in [0.15, 0.2) is 29.4 Å². The van der Waals surface area contributed by atoms with E-state index in [2.05, 4.69) is 4.98 Å². The summed E-state index contributed by atoms with van der Waals surface area (Å²) in [6.45, 7) is 0.985. The summed E-state index contributed by atoms with van der Waals surface area (Å²) in [6.07, 6.45) is -2.61. The second-order valence-electron chi connectivity index (χ2n) is 4.10. The van der Waals surface area contributed by atoms with Gasteiger partial charge in [0.25, 0.3) is 5.78 Å². The van der Waals surface area contributed by atoms with E-state index in [1.165, 1.54) is 11.8 Å². The number of rotatable bonds is 3. The highest BCUT2D eigenvalue weighted by Gasteiger charge is 2.37. The molecule has 0 atom stereocenters. The van der Waals surface area contributed by atoms with E-state index < -0.39 is 12.0 Å². The van der Waals surface area contributed by atoms with Crippen LogP contribution in [0, 0.1) is 0 Å². The van der Waals surface area contributed by atoms with Crippen molar-refractivity contribution in [3.63, 3.8) is 0 Å². The lowest BCUT2D eigenvalue weighted by atomic mass is 10.2. The lowest BCUT2D eigenvalue weighted by Gasteiger charge is -2.18. The molecule has 1 aromatic heterocycles. The molecule has 0 spiro atoms. The van der Waals surface area contributed by atoms with Gasteiger partial charge in [-0.25, -0.2) is 4.98 Å². The summed E-state index contributed by atoms with van der Waals surface area (Å²) >= 11 is 6.90. The number of hydrogen-bond donors (Lipinski definition) is 0. The molecule has 1 aliphatic rings. The average molecular weight is 323 g/mol. The number of halogens is 4. The van der Waals surface area contributed by atoms with Gasteiger partial charge in [0.15, 0.2) is 0 Å². The van der Waals surface area contributed by atoms with Crippen LogP contribution in [0.5, 0.6) is 0 Å². The number of pyridine rings is 1. The van der Waals surface area contributed by atoms with Gasteiger partial charge in [-0.3, -0.25) is 4.79 Å². The van der Waals surface area contributed by atoms with Gasteiger partial charge in [0, 0.05) is 31.1 Å². The molecular weight excluding hydrogens is 313 g/mol. The average Bonchev–Trinajstić information content (AvgIpc) is 2.78. The fourth-order valence-electron chi connectivity index (χ4n) is 1.67. The van der Waals surface area contributed by atoms with Crippen molar-refractivity contribution >= 4 is 29.1 Å². The summed E-state index contributed by atoms with van der Waals surface area (Å²) in [5, 5.41) is 0.690. The SMILES string of the molecule is O=C(C=C1SCCN1Cc1ccc(Cl)nc1)C(F)(F)F. The minimum Gasteiger partial charge on any atom is -0.361 e. The Hall–Kier alpha value is -1.21. The third-order valence-electron chi connectivity index (χ3n) is 2.62. The molecule has 2 rings (SSSR count). The van der Waals surface area contributed by atoms with E-state index in [0.717, 1.165) is 5.56 Å². The molecule has 0 saturated carbocycles. The van der Waals surface area contributed by atoms with Crippen molar-refractivity contribution in [2.24, 2.45) is 0 Å². The highest BCUT2D eigenvalue weighted by molar-refractivity contribution is 8.03. The Bertz CT molecular complexity index is 530. The van der Waals surface area contributed by atoms with Crippen molar-refractivity contribution < 1.29 is 18.0 Å². The number of allylic oxidation sites excluding steroid dienone is 1. The minimum atomic E-state index is -4.83. The zero-order valence-electron chi connectivity index (χ0n) is 10.2. The van der Waals surface area contributed by atoms with Crippen molar-refractivity contribution in [1.29, 1.82) is 0 Å². The molecule has 0 unspecified atom stereocenters. The molecular formula is C12H10ClF3N2OS. The molecule has 1 saturated heterocycles. The largest absolute Gasteiger partial charge is 0.454 e. The van der Waals surface area contributed by atoms with Gasteiger partial charge in [-0.2, -0.15) is 13.2 Å². The fourth-order valence-corrected chi connectivity index (χ4v) is 2.83. The summed E-state index contributed by atoms with van der Waals surface area (Å²) < 4.78 is 36.8. The molecule has 8 heteroatoms. The second kappa shape index (κ2) is 6.05. The summed E-state index contributed by atoms with van der Waals surface area (Å²) in [6, 6.07) is 3.37. The number of carbonyl (C=O) groups is 1. The first-order valence-electron chi connectivity index (χ1n) is 5.67. The maximum Gasteiger partial charge on any atom is 0.454 e. The van der Waals surface area contributed by atoms with Crippen molar-refractivity contribution in [3.05, 3.63) is 40.2 Å². The summed E-state index contributed by atoms with van der Waals surface area (Å²) in [7, 11) is 0. The van der Waals surface area contributed by atoms with Crippen LogP contribution < -0.4 is 0 Å². The van der Waals surface area contributed by atoms with Crippen molar-refractivity contribution in [3.8, 4) is 0 Å². The Morgan fingerprint density at radius 1 is 1.50 bits per heavy atom. The quantitative estimate of drug-likeness (QED) is 0.632. The van der Waals surface area contributed by atoms with E-state index >= 15 is 0 Å². The molecule has 0 aromatic carbocycles. The molecule has 0 aliphatic carbocycles. The van der Waals surface area contributed by atoms with Gasteiger partial charge in [0.2, 0.25) is 0 Å². The van der Waals surface area contributed by atoms with Crippen LogP contribution in [0.1, 0.15) is 5.56 Å². The molecule has 0 amide bonds. The molecule has 2 heterocycles. The van der Waals surface area contributed by atoms with Crippen LogP contribution in [-0.4, -0.2) is 34.1 Å². The number of aromatic nitrogens is 1. The lowest BCUT2D eigenvalue weighted by molar-refractivity contribution is -0.165. The van der Waals surface area contributed by atoms with E-state index in [-0.39, 0.29) is 0 Å². The van der Waals surface area contributed by atoms with Crippen LogP contribution in [-0.2, 0) is 11.3 Å². The predicted molar refractivity (Wildman–Crippen MR) is 71.3 cm³/mol. The summed E-state index contributed by atoms with van der Waals surface area (Å²) in [5.74, 6) is -1.18. The molecule has 1 aliphatic heterocycles. The van der Waals surface area contributed by atoms with E-state index in [1.54, 1.807) is 23.2 Å². The van der Waals surface area contributed by atoms with Gasteiger partial charge in [-0.15, -0.1) is 11.8 Å². The molecule has 108 valence electrons. The van der Waals surface area contributed by atoms with Crippen molar-refractivity contribution in [2.75, 3.05) is 12.3 Å². The number of hydrogen-bond acceptors (Lipinski definition) is 4. The fraction of sp³-hybridized carbons (Fsp3) is 0.333. The number of thioether (sulfide) groups is 1. The first-order valence-corrected chi connectivity index (χ1v) is 7.03. The van der Waals surface area contributed by atoms with E-state index in [4.69, 9.17) is 11.6 Å². The number of ketones is 1. The highest BCUT2D eigenvalue weighted by atomic mass is 35.5. The molecule has 0 bridgehead atoms. The Morgan fingerprint density at radius 3 is 2.85 bits per heavy atom. The number of carbonyl (C=O) groups excluding carboxylic acids is 1. The molecule has 3 nitrogen and oxygen atoms in total. The Kier molecular flexibility index (Phi) is 4.59. The monoisotopic (exact) mass is 322 g/mol. The minimum absolute atomic E-state index is 0.335. The van der Waals surface area contributed by atoms with Gasteiger partial charge in [0.05, 0.1) is 5.03 Å². The molecule has 20 heavy (non-hydrogen) atoms. The van der Waals surface area contributed by atoms with Crippen LogP contribution in [0.3, 0.4) is 0 Å². The topological polar surface area (TPSA) is 33.2 Å². The second-order valence-corrected chi connectivity index (χ2v) is 5.61. The van der Waals surface area contributed by atoms with Gasteiger partial charge in [0.1, 0.15) is 5.15 Å². The Morgan fingerprint density at radius 2 is 2.25 bits per heavy atom. The Labute approximate surface area is 122 Å².